The molecule has 1 rings (SSSR count). The van der Waals surface area contributed by atoms with Crippen molar-refractivity contribution in [3.63, 3.8) is 0 Å². The lowest BCUT2D eigenvalue weighted by molar-refractivity contribution is -0.894. The van der Waals surface area contributed by atoms with Gasteiger partial charge in [-0.3, -0.25) is 0 Å². The van der Waals surface area contributed by atoms with Crippen LogP contribution in [0.5, 0.6) is 11.5 Å². The highest BCUT2D eigenvalue weighted by Gasteiger charge is 2.27. The van der Waals surface area contributed by atoms with Crippen molar-refractivity contribution >= 4 is 8.07 Å². The van der Waals surface area contributed by atoms with E-state index in [0.29, 0.717) is 0 Å². The van der Waals surface area contributed by atoms with Gasteiger partial charge in [0.05, 0.1) is 34.5 Å². The van der Waals surface area contributed by atoms with Gasteiger partial charge < -0.3 is 37.9 Å². The maximum atomic E-state index is 5.49. The van der Waals surface area contributed by atoms with E-state index in [0.717, 1.165) is 22.5 Å². The molecule has 5 heteroatoms. The van der Waals surface area contributed by atoms with E-state index in [4.69, 9.17) is 9.47 Å². The first-order chi connectivity index (χ1) is 8.67. The first-order valence-electron chi connectivity index (χ1n) is 6.70. The number of halogens is 1. The van der Waals surface area contributed by atoms with Crippen LogP contribution in [0.2, 0.25) is 19.6 Å². The maximum absolute atomic E-state index is 5.49. The molecule has 0 radical (unpaired) electrons. The largest absolute Gasteiger partial charge is 1.00 e. The van der Waals surface area contributed by atoms with Gasteiger partial charge in [0.2, 0.25) is 0 Å². The Balaban J connectivity index is 0.00000361. The summed E-state index contributed by atoms with van der Waals surface area (Å²) in [6, 6.07) is 6.08. The molecule has 0 N–H and O–H groups in total. The Bertz CT molecular complexity index is 430. The summed E-state index contributed by atoms with van der Waals surface area (Å²) in [6.07, 6.45) is 1.25. The zero-order chi connectivity index (χ0) is 14.7. The summed E-state index contributed by atoms with van der Waals surface area (Å²) in [4.78, 5) is 0. The van der Waals surface area contributed by atoms with Gasteiger partial charge in [0.1, 0.15) is 26.1 Å². The molecule has 0 atom stereocenters. The summed E-state index contributed by atoms with van der Waals surface area (Å²) in [7, 11) is 6.90. The first-order valence-corrected chi connectivity index (χ1v) is 10.4. The topological polar surface area (TPSA) is 18.5 Å². The van der Waals surface area contributed by atoms with Gasteiger partial charge in [0, 0.05) is 11.6 Å². The summed E-state index contributed by atoms with van der Waals surface area (Å²) < 4.78 is 11.7. The number of ether oxygens (including phenoxy) is 2. The van der Waals surface area contributed by atoms with E-state index in [2.05, 4.69) is 39.8 Å². The molecule has 0 fully saturated rings. The van der Waals surface area contributed by atoms with Gasteiger partial charge in [-0.25, -0.2) is 0 Å². The highest BCUT2D eigenvalue weighted by molar-refractivity contribution is 6.75. The van der Waals surface area contributed by atoms with E-state index in [1.54, 1.807) is 14.2 Å². The van der Waals surface area contributed by atoms with Crippen LogP contribution in [0.4, 0.5) is 0 Å². The van der Waals surface area contributed by atoms with Crippen molar-refractivity contribution in [1.29, 1.82) is 0 Å². The van der Waals surface area contributed by atoms with Gasteiger partial charge in [-0.1, -0.05) is 19.6 Å². The first kappa shape index (κ1) is 19.7. The number of nitrogens with zero attached hydrogens (tertiary/aromatic N) is 1. The molecular formula is C15H28INO2Si. The van der Waals surface area contributed by atoms with Crippen LogP contribution in [0.25, 0.3) is 0 Å². The fourth-order valence-electron chi connectivity index (χ4n) is 2.78. The molecule has 0 bridgehead atoms. The normalized spacial score (nSPS) is 11.8. The molecule has 116 valence electrons. The Labute approximate surface area is 141 Å². The van der Waals surface area contributed by atoms with Crippen LogP contribution in [0, 0.1) is 0 Å². The molecule has 3 nitrogen and oxygen atoms in total. The summed E-state index contributed by atoms with van der Waals surface area (Å²) in [5, 5.41) is 0. The zero-order valence-corrected chi connectivity index (χ0v) is 16.9. The lowest BCUT2D eigenvalue weighted by atomic mass is 10.1. The average molecular weight is 409 g/mol. The van der Waals surface area contributed by atoms with Crippen LogP contribution in [0.15, 0.2) is 18.2 Å². The molecule has 0 aliphatic carbocycles. The molecule has 0 amide bonds. The third-order valence-corrected chi connectivity index (χ3v) is 4.80. The third kappa shape index (κ3) is 6.45. The van der Waals surface area contributed by atoms with E-state index in [1.807, 2.05) is 12.1 Å². The number of rotatable bonds is 6. The summed E-state index contributed by atoms with van der Waals surface area (Å²) in [5.74, 6) is 1.76. The number of hydrogen-bond donors (Lipinski definition) is 0. The van der Waals surface area contributed by atoms with E-state index in [9.17, 15) is 0 Å². The Kier molecular flexibility index (Phi) is 7.55. The molecule has 0 aliphatic heterocycles. The predicted octanol–water partition coefficient (Wildman–Crippen LogP) is 0.162. The van der Waals surface area contributed by atoms with Crippen molar-refractivity contribution in [2.75, 3.05) is 34.5 Å². The van der Waals surface area contributed by atoms with Crippen molar-refractivity contribution in [2.45, 2.75) is 26.2 Å². The quantitative estimate of drug-likeness (QED) is 0.379. The van der Waals surface area contributed by atoms with Gasteiger partial charge in [0.15, 0.2) is 0 Å². The van der Waals surface area contributed by atoms with E-state index >= 15 is 0 Å². The van der Waals surface area contributed by atoms with Crippen LogP contribution < -0.4 is 33.5 Å². The van der Waals surface area contributed by atoms with E-state index in [1.165, 1.54) is 11.7 Å². The monoisotopic (exact) mass is 409 g/mol. The Hall–Kier alpha value is -0.273. The minimum atomic E-state index is -1.09. The van der Waals surface area contributed by atoms with Crippen LogP contribution >= 0.6 is 0 Å². The average Bonchev–Trinajstić information content (AvgIpc) is 2.25. The SMILES string of the molecule is COc1ccc(C[N+](C)(C)C[Si](C)(C)C)c(OC)c1.[I-]. The van der Waals surface area contributed by atoms with Crippen molar-refractivity contribution in [3.8, 4) is 11.5 Å². The van der Waals surface area contributed by atoms with Gasteiger partial charge in [-0.2, -0.15) is 0 Å². The number of hydrogen-bond acceptors (Lipinski definition) is 2. The third-order valence-electron chi connectivity index (χ3n) is 2.99. The predicted molar refractivity (Wildman–Crippen MR) is 83.6 cm³/mol. The van der Waals surface area contributed by atoms with E-state index < -0.39 is 8.07 Å². The molecule has 20 heavy (non-hydrogen) atoms. The molecule has 0 aliphatic rings. The summed E-state index contributed by atoms with van der Waals surface area (Å²) >= 11 is 0. The number of benzene rings is 1. The molecule has 1 aromatic rings. The van der Waals surface area contributed by atoms with Gasteiger partial charge in [-0.15, -0.1) is 0 Å². The van der Waals surface area contributed by atoms with Gasteiger partial charge >= 0.3 is 0 Å². The minimum absolute atomic E-state index is 0. The van der Waals surface area contributed by atoms with Gasteiger partial charge in [-0.05, 0) is 12.1 Å². The Morgan fingerprint density at radius 1 is 1.05 bits per heavy atom. The van der Waals surface area contributed by atoms with Crippen LogP contribution in [-0.4, -0.2) is 47.0 Å². The zero-order valence-electron chi connectivity index (χ0n) is 13.8. The smallest absolute Gasteiger partial charge is 0.131 e. The maximum Gasteiger partial charge on any atom is 0.131 e. The molecule has 0 heterocycles. The van der Waals surface area contributed by atoms with Crippen molar-refractivity contribution in [2.24, 2.45) is 0 Å². The second-order valence-electron chi connectivity index (χ2n) is 6.99. The molecule has 0 saturated carbocycles. The molecule has 1 aromatic carbocycles. The second kappa shape index (κ2) is 7.65. The van der Waals surface area contributed by atoms with Gasteiger partial charge in [0.25, 0.3) is 0 Å². The van der Waals surface area contributed by atoms with E-state index in [-0.39, 0.29) is 24.0 Å². The van der Waals surface area contributed by atoms with Crippen molar-refractivity contribution < 1.29 is 37.9 Å². The molecule has 0 spiro atoms. The lowest BCUT2D eigenvalue weighted by Crippen LogP contribution is -3.00. The molecule has 0 saturated heterocycles. The highest BCUT2D eigenvalue weighted by Crippen LogP contribution is 2.27. The fourth-order valence-corrected chi connectivity index (χ4v) is 5.46. The minimum Gasteiger partial charge on any atom is -1.00 e. The van der Waals surface area contributed by atoms with Crippen molar-refractivity contribution in [3.05, 3.63) is 23.8 Å². The Morgan fingerprint density at radius 2 is 1.65 bits per heavy atom. The fraction of sp³-hybridized carbons (Fsp3) is 0.600. The molecule has 0 unspecified atom stereocenters. The Morgan fingerprint density at radius 3 is 2.10 bits per heavy atom. The molecular weight excluding hydrogens is 381 g/mol. The number of quaternary nitrogens is 1. The standard InChI is InChI=1S/C15H28NO2Si.HI/c1-16(2,12-19(5,6)7)11-13-8-9-14(17-3)10-15(13)18-4;/h8-10H,11-12H2,1-7H3;1H/q+1;/p-1. The number of methoxy groups -OCH3 is 2. The van der Waals surface area contributed by atoms with Crippen LogP contribution in [0.1, 0.15) is 5.56 Å². The molecule has 0 aromatic heterocycles. The van der Waals surface area contributed by atoms with Crippen LogP contribution in [-0.2, 0) is 6.54 Å². The highest BCUT2D eigenvalue weighted by atomic mass is 127. The second-order valence-corrected chi connectivity index (χ2v) is 12.4. The summed E-state index contributed by atoms with van der Waals surface area (Å²) in [5.41, 5.74) is 1.24. The lowest BCUT2D eigenvalue weighted by Gasteiger charge is -2.35. The summed E-state index contributed by atoms with van der Waals surface area (Å²) in [6.45, 7) is 8.23. The van der Waals surface area contributed by atoms with Crippen molar-refractivity contribution in [1.82, 2.24) is 0 Å². The van der Waals surface area contributed by atoms with Crippen LogP contribution in [0.3, 0.4) is 0 Å².